The third-order valence-corrected chi connectivity index (χ3v) is 6.83. The van der Waals surface area contributed by atoms with Gasteiger partial charge in [-0.15, -0.1) is 0 Å². The van der Waals surface area contributed by atoms with Gasteiger partial charge in [-0.1, -0.05) is 30.9 Å². The lowest BCUT2D eigenvalue weighted by Crippen LogP contribution is -2.55. The molecule has 1 aliphatic heterocycles. The molecule has 1 fully saturated rings. The Morgan fingerprint density at radius 3 is 2.83 bits per heavy atom. The Morgan fingerprint density at radius 2 is 2.12 bits per heavy atom. The zero-order chi connectivity index (χ0) is 30.5. The standard InChI is InChI=1S/C31H42FN7O3/c1-6-16-33-28-23(21-35-30(37-28)36-25-14-10-13-24(32)19-25)12-8-7-9-17-34-29(41)31(2)20-26(42-5)22-39(31)27(40)15-11-18-38(3)4/h10-11,13-15,19,21,26H,6-7,9,16-18,20,22H2,1-5H3,(H,34,41)(H2,33,35,36,37)/b15-11+/t26-,31-/m0/s1. The highest BCUT2D eigenvalue weighted by atomic mass is 19.1. The van der Waals surface area contributed by atoms with Gasteiger partial charge in [-0.25, -0.2) is 9.37 Å². The van der Waals surface area contributed by atoms with Gasteiger partial charge in [0, 0.05) is 57.9 Å². The molecule has 0 radical (unpaired) electrons. The number of benzene rings is 1. The molecule has 0 spiro atoms. The number of hydrogen-bond acceptors (Lipinski definition) is 8. The second kappa shape index (κ2) is 15.8. The number of likely N-dealkylation sites (tertiary alicyclic amines) is 1. The summed E-state index contributed by atoms with van der Waals surface area (Å²) >= 11 is 0. The summed E-state index contributed by atoms with van der Waals surface area (Å²) in [4.78, 5) is 38.5. The van der Waals surface area contributed by atoms with Gasteiger partial charge in [0.05, 0.1) is 17.9 Å². The summed E-state index contributed by atoms with van der Waals surface area (Å²) in [7, 11) is 5.45. The van der Waals surface area contributed by atoms with E-state index in [-0.39, 0.29) is 23.7 Å². The SMILES string of the molecule is CCCNc1nc(Nc2cccc(F)c2)ncc1C#CCCCNC(=O)[C@]1(C)C[C@H](OC)CN1C(=O)/C=C/CN(C)C. The van der Waals surface area contributed by atoms with E-state index in [0.717, 1.165) is 6.42 Å². The first-order chi connectivity index (χ1) is 20.2. The van der Waals surface area contributed by atoms with Gasteiger partial charge in [0.1, 0.15) is 17.2 Å². The molecule has 0 bridgehead atoms. The monoisotopic (exact) mass is 579 g/mol. The zero-order valence-electron chi connectivity index (χ0n) is 25.2. The summed E-state index contributed by atoms with van der Waals surface area (Å²) in [6.07, 6.45) is 7.27. The van der Waals surface area contributed by atoms with Crippen molar-refractivity contribution in [3.63, 3.8) is 0 Å². The Bertz CT molecular complexity index is 1310. The second-order valence-electron chi connectivity index (χ2n) is 10.6. The maximum absolute atomic E-state index is 13.5. The van der Waals surface area contributed by atoms with Crippen molar-refractivity contribution in [1.82, 2.24) is 25.1 Å². The minimum atomic E-state index is -0.996. The Kier molecular flexibility index (Phi) is 12.3. The van der Waals surface area contributed by atoms with Crippen LogP contribution in [0.1, 0.15) is 45.1 Å². The number of anilines is 3. The molecule has 10 nitrogen and oxygen atoms in total. The van der Waals surface area contributed by atoms with Gasteiger partial charge >= 0.3 is 0 Å². The normalized spacial score (nSPS) is 18.2. The van der Waals surface area contributed by atoms with Crippen LogP contribution < -0.4 is 16.0 Å². The van der Waals surface area contributed by atoms with Crippen LogP contribution in [0.25, 0.3) is 0 Å². The van der Waals surface area contributed by atoms with Crippen LogP contribution >= 0.6 is 0 Å². The molecule has 0 unspecified atom stereocenters. The number of halogens is 1. The molecule has 3 N–H and O–H groups in total. The van der Waals surface area contributed by atoms with Crippen LogP contribution in [-0.2, 0) is 14.3 Å². The first-order valence-corrected chi connectivity index (χ1v) is 14.2. The molecule has 1 aliphatic rings. The molecule has 2 amide bonds. The minimum absolute atomic E-state index is 0.202. The molecular weight excluding hydrogens is 537 g/mol. The van der Waals surface area contributed by atoms with Gasteiger partial charge in [-0.3, -0.25) is 9.59 Å². The summed E-state index contributed by atoms with van der Waals surface area (Å²) in [5.74, 6) is 6.43. The highest BCUT2D eigenvalue weighted by Crippen LogP contribution is 2.31. The number of hydrogen-bond donors (Lipinski definition) is 3. The Morgan fingerprint density at radius 1 is 1.31 bits per heavy atom. The molecule has 2 aromatic rings. The van der Waals surface area contributed by atoms with Gasteiger partial charge in [0.15, 0.2) is 0 Å². The van der Waals surface area contributed by atoms with Gasteiger partial charge < -0.3 is 30.5 Å². The number of ether oxygens (including phenoxy) is 1. The number of nitrogens with zero attached hydrogens (tertiary/aromatic N) is 4. The first-order valence-electron chi connectivity index (χ1n) is 14.2. The number of rotatable bonds is 13. The Labute approximate surface area is 248 Å². The van der Waals surface area contributed by atoms with Crippen molar-refractivity contribution in [2.24, 2.45) is 0 Å². The van der Waals surface area contributed by atoms with E-state index in [4.69, 9.17) is 4.74 Å². The van der Waals surface area contributed by atoms with E-state index in [9.17, 15) is 14.0 Å². The third kappa shape index (κ3) is 9.26. The Balaban J connectivity index is 1.57. The van der Waals surface area contributed by atoms with Crippen molar-refractivity contribution < 1.29 is 18.7 Å². The molecule has 0 saturated carbocycles. The summed E-state index contributed by atoms with van der Waals surface area (Å²) in [6, 6.07) is 6.09. The third-order valence-electron chi connectivity index (χ3n) is 6.83. The topological polar surface area (TPSA) is 112 Å². The van der Waals surface area contributed by atoms with E-state index in [1.807, 2.05) is 19.0 Å². The van der Waals surface area contributed by atoms with Crippen molar-refractivity contribution in [3.05, 3.63) is 54.0 Å². The number of carbonyl (C=O) groups excluding carboxylic acids is 2. The molecule has 2 atom stereocenters. The second-order valence-corrected chi connectivity index (χ2v) is 10.6. The average Bonchev–Trinajstić information content (AvgIpc) is 3.32. The van der Waals surface area contributed by atoms with Crippen molar-refractivity contribution in [2.75, 3.05) is 58.0 Å². The van der Waals surface area contributed by atoms with Crippen LogP contribution in [0.15, 0.2) is 42.6 Å². The number of methoxy groups -OCH3 is 1. The van der Waals surface area contributed by atoms with Crippen LogP contribution in [0.2, 0.25) is 0 Å². The van der Waals surface area contributed by atoms with Gasteiger partial charge in [-0.05, 0) is 52.1 Å². The molecule has 42 heavy (non-hydrogen) atoms. The van der Waals surface area contributed by atoms with Crippen molar-refractivity contribution in [3.8, 4) is 11.8 Å². The molecule has 2 heterocycles. The largest absolute Gasteiger partial charge is 0.380 e. The number of amides is 2. The minimum Gasteiger partial charge on any atom is -0.380 e. The number of nitrogens with one attached hydrogen (secondary N) is 3. The lowest BCUT2D eigenvalue weighted by atomic mass is 9.96. The first kappa shape index (κ1) is 32.5. The van der Waals surface area contributed by atoms with Gasteiger partial charge in [-0.2, -0.15) is 4.98 Å². The van der Waals surface area contributed by atoms with E-state index in [2.05, 4.69) is 44.7 Å². The van der Waals surface area contributed by atoms with Crippen LogP contribution in [0.4, 0.5) is 21.8 Å². The van der Waals surface area contributed by atoms with E-state index in [1.54, 1.807) is 43.3 Å². The fraction of sp³-hybridized carbons (Fsp3) is 0.484. The molecular formula is C31H42FN7O3. The van der Waals surface area contributed by atoms with Crippen LogP contribution in [0.5, 0.6) is 0 Å². The van der Waals surface area contributed by atoms with Gasteiger partial charge in [0.25, 0.3) is 0 Å². The number of carbonyl (C=O) groups is 2. The molecule has 1 aromatic heterocycles. The van der Waals surface area contributed by atoms with E-state index >= 15 is 0 Å². The number of aromatic nitrogens is 2. The van der Waals surface area contributed by atoms with Crippen LogP contribution in [0, 0.1) is 17.7 Å². The summed E-state index contributed by atoms with van der Waals surface area (Å²) < 4.78 is 19.0. The van der Waals surface area contributed by atoms with E-state index in [1.165, 1.54) is 18.2 Å². The zero-order valence-corrected chi connectivity index (χ0v) is 25.2. The Hall–Kier alpha value is -4.01. The molecule has 226 valence electrons. The highest BCUT2D eigenvalue weighted by Gasteiger charge is 2.49. The smallest absolute Gasteiger partial charge is 0.247 e. The van der Waals surface area contributed by atoms with Crippen molar-refractivity contribution in [1.29, 1.82) is 0 Å². The predicted molar refractivity (Wildman–Crippen MR) is 163 cm³/mol. The van der Waals surface area contributed by atoms with Gasteiger partial charge in [0.2, 0.25) is 17.8 Å². The fourth-order valence-corrected chi connectivity index (χ4v) is 4.52. The molecule has 0 aliphatic carbocycles. The lowest BCUT2D eigenvalue weighted by Gasteiger charge is -2.32. The van der Waals surface area contributed by atoms with E-state index < -0.39 is 5.54 Å². The quantitative estimate of drug-likeness (QED) is 0.188. The maximum Gasteiger partial charge on any atom is 0.247 e. The van der Waals surface area contributed by atoms with E-state index in [0.29, 0.717) is 68.5 Å². The summed E-state index contributed by atoms with van der Waals surface area (Å²) in [5.41, 5.74) is 0.206. The fourth-order valence-electron chi connectivity index (χ4n) is 4.52. The van der Waals surface area contributed by atoms with Crippen molar-refractivity contribution in [2.45, 2.75) is 51.2 Å². The molecule has 1 aromatic carbocycles. The van der Waals surface area contributed by atoms with Crippen molar-refractivity contribution >= 4 is 29.3 Å². The maximum atomic E-state index is 13.5. The average molecular weight is 580 g/mol. The molecule has 1 saturated heterocycles. The molecule has 11 heteroatoms. The van der Waals surface area contributed by atoms with Crippen LogP contribution in [-0.4, -0.2) is 90.6 Å². The predicted octanol–water partition coefficient (Wildman–Crippen LogP) is 3.55. The molecule has 3 rings (SSSR count). The summed E-state index contributed by atoms with van der Waals surface area (Å²) in [5, 5.41) is 9.26. The lowest BCUT2D eigenvalue weighted by molar-refractivity contribution is -0.141. The number of likely N-dealkylation sites (N-methyl/N-ethyl adjacent to an activating group) is 1. The van der Waals surface area contributed by atoms with Crippen LogP contribution in [0.3, 0.4) is 0 Å². The number of unbranched alkanes of at least 4 members (excludes halogenated alkanes) is 1. The summed E-state index contributed by atoms with van der Waals surface area (Å²) in [6.45, 7) is 5.98. The highest BCUT2D eigenvalue weighted by molar-refractivity contribution is 5.96.